The van der Waals surface area contributed by atoms with Gasteiger partial charge in [-0.3, -0.25) is 4.79 Å². The minimum atomic E-state index is -0.745. The molecule has 0 aliphatic rings. The molecule has 1 heterocycles. The molecule has 7 heteroatoms. The van der Waals surface area contributed by atoms with Crippen LogP contribution in [0.4, 0.5) is 4.39 Å². The number of benzene rings is 2. The second-order valence-electron chi connectivity index (χ2n) is 5.50. The van der Waals surface area contributed by atoms with Gasteiger partial charge in [-0.05, 0) is 43.3 Å². The zero-order valence-electron chi connectivity index (χ0n) is 13.8. The number of nitrogens with zero attached hydrogens (tertiary/aromatic N) is 2. The number of aromatic nitrogens is 2. The number of halogens is 2. The van der Waals surface area contributed by atoms with Crippen LogP contribution in [0.1, 0.15) is 26.4 Å². The van der Waals surface area contributed by atoms with Crippen LogP contribution in [0.15, 0.2) is 54.6 Å². The zero-order chi connectivity index (χ0) is 18.7. The lowest BCUT2D eigenvalue weighted by molar-refractivity contribution is 0.0474. The average Bonchev–Trinajstić information content (AvgIpc) is 2.95. The number of carbonyl (C=O) groups excluding carboxylic acids is 2. The van der Waals surface area contributed by atoms with Gasteiger partial charge in [-0.25, -0.2) is 13.9 Å². The molecule has 0 fully saturated rings. The van der Waals surface area contributed by atoms with Gasteiger partial charge in [0.25, 0.3) is 0 Å². The van der Waals surface area contributed by atoms with Gasteiger partial charge < -0.3 is 4.74 Å². The van der Waals surface area contributed by atoms with Crippen molar-refractivity contribution in [3.05, 3.63) is 82.4 Å². The van der Waals surface area contributed by atoms with Crippen molar-refractivity contribution in [1.82, 2.24) is 9.78 Å². The lowest BCUT2D eigenvalue weighted by Gasteiger charge is -2.05. The third kappa shape index (κ3) is 3.65. The maximum absolute atomic E-state index is 12.9. The predicted molar refractivity (Wildman–Crippen MR) is 94.3 cm³/mol. The number of carbonyl (C=O) groups is 2. The summed E-state index contributed by atoms with van der Waals surface area (Å²) in [5, 5.41) is 4.36. The van der Waals surface area contributed by atoms with E-state index in [1.807, 2.05) is 18.2 Å². The Morgan fingerprint density at radius 1 is 1.12 bits per heavy atom. The van der Waals surface area contributed by atoms with Crippen molar-refractivity contribution >= 4 is 23.4 Å². The van der Waals surface area contributed by atoms with E-state index in [-0.39, 0.29) is 16.3 Å². The number of ether oxygens (including phenoxy) is 1. The summed E-state index contributed by atoms with van der Waals surface area (Å²) < 4.78 is 19.4. The van der Waals surface area contributed by atoms with Gasteiger partial charge in [0.05, 0.1) is 11.4 Å². The smallest absolute Gasteiger partial charge is 0.343 e. The summed E-state index contributed by atoms with van der Waals surface area (Å²) in [4.78, 5) is 24.4. The molecule has 0 amide bonds. The molecule has 0 spiro atoms. The second kappa shape index (κ2) is 7.49. The Balaban J connectivity index is 1.75. The maximum atomic E-state index is 12.9. The van der Waals surface area contributed by atoms with Crippen molar-refractivity contribution in [3.63, 3.8) is 0 Å². The van der Waals surface area contributed by atoms with Gasteiger partial charge in [-0.1, -0.05) is 29.8 Å². The molecule has 2 aromatic carbocycles. The standard InChI is InChI=1S/C19H14ClFN2O3/c1-12-17(18(20)23(22-12)15-5-3-2-4-6-15)19(25)26-11-16(24)13-7-9-14(21)10-8-13/h2-10H,11H2,1H3. The molecule has 26 heavy (non-hydrogen) atoms. The van der Waals surface area contributed by atoms with Crippen LogP contribution in [0, 0.1) is 12.7 Å². The molecular formula is C19H14ClFN2O3. The highest BCUT2D eigenvalue weighted by Gasteiger charge is 2.23. The van der Waals surface area contributed by atoms with E-state index in [2.05, 4.69) is 5.10 Å². The van der Waals surface area contributed by atoms with E-state index in [1.165, 1.54) is 28.9 Å². The van der Waals surface area contributed by atoms with Crippen LogP contribution < -0.4 is 0 Å². The monoisotopic (exact) mass is 372 g/mol. The molecule has 1 aromatic heterocycles. The van der Waals surface area contributed by atoms with E-state index in [1.54, 1.807) is 19.1 Å². The molecule has 0 bridgehead atoms. The highest BCUT2D eigenvalue weighted by Crippen LogP contribution is 2.24. The van der Waals surface area contributed by atoms with Crippen LogP contribution in [0.5, 0.6) is 0 Å². The van der Waals surface area contributed by atoms with Crippen LogP contribution >= 0.6 is 11.6 Å². The van der Waals surface area contributed by atoms with Crippen LogP contribution in [0.2, 0.25) is 5.15 Å². The Morgan fingerprint density at radius 3 is 2.42 bits per heavy atom. The predicted octanol–water partition coefficient (Wildman–Crippen LogP) is 4.01. The zero-order valence-corrected chi connectivity index (χ0v) is 14.5. The molecule has 0 atom stereocenters. The number of rotatable bonds is 5. The minimum absolute atomic E-state index is 0.0995. The molecule has 0 saturated heterocycles. The van der Waals surface area contributed by atoms with Gasteiger partial charge in [-0.2, -0.15) is 5.10 Å². The summed E-state index contributed by atoms with van der Waals surface area (Å²) in [7, 11) is 0. The largest absolute Gasteiger partial charge is 0.454 e. The molecule has 0 aliphatic heterocycles. The number of Topliss-reactive ketones (excluding diaryl/α,β-unsaturated/α-hetero) is 1. The Labute approximate surface area is 154 Å². The van der Waals surface area contributed by atoms with E-state index in [0.717, 1.165) is 0 Å². The summed E-state index contributed by atoms with van der Waals surface area (Å²) in [5.74, 6) is -1.64. The van der Waals surface area contributed by atoms with Crippen LogP contribution in [-0.4, -0.2) is 28.1 Å². The van der Waals surface area contributed by atoms with Gasteiger partial charge in [0.1, 0.15) is 16.5 Å². The first-order valence-corrected chi connectivity index (χ1v) is 8.11. The minimum Gasteiger partial charge on any atom is -0.454 e. The van der Waals surface area contributed by atoms with E-state index in [9.17, 15) is 14.0 Å². The van der Waals surface area contributed by atoms with Crippen molar-refractivity contribution in [2.75, 3.05) is 6.61 Å². The Kier molecular flexibility index (Phi) is 5.14. The van der Waals surface area contributed by atoms with Gasteiger partial charge in [0.2, 0.25) is 0 Å². The molecule has 3 rings (SSSR count). The third-order valence-electron chi connectivity index (χ3n) is 3.71. The number of ketones is 1. The van der Waals surface area contributed by atoms with Gasteiger partial charge in [-0.15, -0.1) is 0 Å². The van der Waals surface area contributed by atoms with Gasteiger partial charge >= 0.3 is 5.97 Å². The van der Waals surface area contributed by atoms with Crippen molar-refractivity contribution in [2.24, 2.45) is 0 Å². The number of hydrogen-bond acceptors (Lipinski definition) is 4. The fourth-order valence-corrected chi connectivity index (χ4v) is 2.74. The SMILES string of the molecule is Cc1nn(-c2ccccc2)c(Cl)c1C(=O)OCC(=O)c1ccc(F)cc1. The molecule has 132 valence electrons. The fraction of sp³-hybridized carbons (Fsp3) is 0.105. The first-order chi connectivity index (χ1) is 12.5. The van der Waals surface area contributed by atoms with Gasteiger partial charge in [0, 0.05) is 5.56 Å². The molecule has 0 unspecified atom stereocenters. The second-order valence-corrected chi connectivity index (χ2v) is 5.86. The first kappa shape index (κ1) is 17.8. The Hall–Kier alpha value is -2.99. The fourth-order valence-electron chi connectivity index (χ4n) is 2.39. The molecule has 3 aromatic rings. The maximum Gasteiger partial charge on any atom is 0.343 e. The molecule has 0 aliphatic carbocycles. The lowest BCUT2D eigenvalue weighted by Crippen LogP contribution is -2.15. The molecular weight excluding hydrogens is 359 g/mol. The van der Waals surface area contributed by atoms with Crippen molar-refractivity contribution in [2.45, 2.75) is 6.92 Å². The van der Waals surface area contributed by atoms with E-state index < -0.39 is 24.2 Å². The van der Waals surface area contributed by atoms with E-state index in [4.69, 9.17) is 16.3 Å². The third-order valence-corrected chi connectivity index (χ3v) is 4.06. The van der Waals surface area contributed by atoms with Gasteiger partial charge in [0.15, 0.2) is 12.4 Å². The summed E-state index contributed by atoms with van der Waals surface area (Å²) in [5.41, 5.74) is 1.43. The molecule has 5 nitrogen and oxygen atoms in total. The van der Waals surface area contributed by atoms with Crippen molar-refractivity contribution in [3.8, 4) is 5.69 Å². The topological polar surface area (TPSA) is 61.2 Å². The summed E-state index contributed by atoms with van der Waals surface area (Å²) in [6, 6.07) is 14.1. The molecule has 0 N–H and O–H groups in total. The number of esters is 1. The lowest BCUT2D eigenvalue weighted by atomic mass is 10.1. The first-order valence-electron chi connectivity index (χ1n) is 7.74. The van der Waals surface area contributed by atoms with E-state index >= 15 is 0 Å². The van der Waals surface area contributed by atoms with Crippen molar-refractivity contribution in [1.29, 1.82) is 0 Å². The molecule has 0 radical (unpaired) electrons. The molecule has 0 saturated carbocycles. The summed E-state index contributed by atoms with van der Waals surface area (Å²) in [6.45, 7) is 1.15. The van der Waals surface area contributed by atoms with Crippen LogP contribution in [0.3, 0.4) is 0 Å². The van der Waals surface area contributed by atoms with Crippen LogP contribution in [-0.2, 0) is 4.74 Å². The Morgan fingerprint density at radius 2 is 1.77 bits per heavy atom. The highest BCUT2D eigenvalue weighted by molar-refractivity contribution is 6.33. The number of aryl methyl sites for hydroxylation is 1. The van der Waals surface area contributed by atoms with Crippen molar-refractivity contribution < 1.29 is 18.7 Å². The summed E-state index contributed by atoms with van der Waals surface area (Å²) in [6.07, 6.45) is 0. The number of hydrogen-bond donors (Lipinski definition) is 0. The van der Waals surface area contributed by atoms with Crippen LogP contribution in [0.25, 0.3) is 5.69 Å². The number of para-hydroxylation sites is 1. The summed E-state index contributed by atoms with van der Waals surface area (Å²) >= 11 is 6.28. The van der Waals surface area contributed by atoms with E-state index in [0.29, 0.717) is 11.4 Å². The quantitative estimate of drug-likeness (QED) is 0.501. The average molecular weight is 373 g/mol. The Bertz CT molecular complexity index is 953. The normalized spacial score (nSPS) is 10.6. The highest BCUT2D eigenvalue weighted by atomic mass is 35.5.